The molecular formula is C20H21N3O. The van der Waals surface area contributed by atoms with Crippen molar-refractivity contribution in [3.63, 3.8) is 0 Å². The second kappa shape index (κ2) is 5.76. The van der Waals surface area contributed by atoms with Crippen molar-refractivity contribution in [3.05, 3.63) is 69.9 Å². The van der Waals surface area contributed by atoms with Crippen LogP contribution in [-0.2, 0) is 0 Å². The lowest BCUT2D eigenvalue weighted by Crippen LogP contribution is -2.35. The molecule has 2 aliphatic heterocycles. The van der Waals surface area contributed by atoms with Crippen molar-refractivity contribution in [2.75, 3.05) is 13.1 Å². The van der Waals surface area contributed by atoms with Crippen LogP contribution in [0.4, 0.5) is 0 Å². The standard InChI is InChI=1S/C20H21N3O/c1-13-6-8-15(9-7-13)19(24)23-11-17(21-5)18-14(2)22-10-16(18)20(3,4)12-23/h6-9,11H,10,12H2,1-4H3. The molecule has 0 saturated heterocycles. The van der Waals surface area contributed by atoms with Crippen LogP contribution in [-0.4, -0.2) is 29.6 Å². The summed E-state index contributed by atoms with van der Waals surface area (Å²) < 4.78 is 0. The molecule has 2 heterocycles. The van der Waals surface area contributed by atoms with Crippen LogP contribution in [0.15, 0.2) is 52.3 Å². The highest BCUT2D eigenvalue weighted by molar-refractivity contribution is 6.06. The average molecular weight is 319 g/mol. The molecule has 0 N–H and O–H groups in total. The van der Waals surface area contributed by atoms with E-state index in [1.54, 1.807) is 11.1 Å². The first-order valence-electron chi connectivity index (χ1n) is 8.06. The summed E-state index contributed by atoms with van der Waals surface area (Å²) >= 11 is 0. The van der Waals surface area contributed by atoms with Crippen molar-refractivity contribution in [1.82, 2.24) is 4.90 Å². The molecule has 1 aromatic carbocycles. The molecule has 0 radical (unpaired) electrons. The molecule has 122 valence electrons. The Morgan fingerprint density at radius 2 is 1.92 bits per heavy atom. The van der Waals surface area contributed by atoms with Gasteiger partial charge in [-0.1, -0.05) is 31.5 Å². The predicted octanol–water partition coefficient (Wildman–Crippen LogP) is 4.01. The molecule has 0 atom stereocenters. The summed E-state index contributed by atoms with van der Waals surface area (Å²) in [6.45, 7) is 16.9. The van der Waals surface area contributed by atoms with Crippen LogP contribution in [0.1, 0.15) is 36.7 Å². The molecule has 0 spiro atoms. The van der Waals surface area contributed by atoms with Crippen LogP contribution in [0.3, 0.4) is 0 Å². The lowest BCUT2D eigenvalue weighted by molar-refractivity contribution is 0.0787. The monoisotopic (exact) mass is 319 g/mol. The third kappa shape index (κ3) is 2.67. The zero-order valence-electron chi connectivity index (χ0n) is 14.6. The van der Waals surface area contributed by atoms with E-state index in [1.165, 1.54) is 0 Å². The number of hydrogen-bond donors (Lipinski definition) is 0. The van der Waals surface area contributed by atoms with Gasteiger partial charge in [-0.25, -0.2) is 4.85 Å². The first-order valence-corrected chi connectivity index (χ1v) is 8.06. The molecule has 0 aliphatic carbocycles. The lowest BCUT2D eigenvalue weighted by atomic mass is 9.81. The van der Waals surface area contributed by atoms with Gasteiger partial charge in [-0.2, -0.15) is 0 Å². The molecule has 0 aromatic heterocycles. The Balaban J connectivity index is 2.04. The molecule has 0 fully saturated rings. The Labute approximate surface area is 143 Å². The number of allylic oxidation sites excluding steroid dienone is 1. The quantitative estimate of drug-likeness (QED) is 0.721. The predicted molar refractivity (Wildman–Crippen MR) is 95.7 cm³/mol. The van der Waals surface area contributed by atoms with Gasteiger partial charge in [0, 0.05) is 35.0 Å². The highest BCUT2D eigenvalue weighted by Crippen LogP contribution is 2.39. The summed E-state index contributed by atoms with van der Waals surface area (Å²) in [6, 6.07) is 7.55. The summed E-state index contributed by atoms with van der Waals surface area (Å²) in [7, 11) is 0. The Hall–Kier alpha value is -2.67. The van der Waals surface area contributed by atoms with Gasteiger partial charge >= 0.3 is 0 Å². The third-order valence-electron chi connectivity index (χ3n) is 4.73. The van der Waals surface area contributed by atoms with E-state index in [9.17, 15) is 4.79 Å². The number of hydrogen-bond acceptors (Lipinski definition) is 2. The number of amides is 1. The maximum absolute atomic E-state index is 12.9. The smallest absolute Gasteiger partial charge is 0.256 e. The zero-order valence-corrected chi connectivity index (χ0v) is 14.6. The summed E-state index contributed by atoms with van der Waals surface area (Å²) in [5.41, 5.74) is 5.02. The largest absolute Gasteiger partial charge is 0.324 e. The molecule has 0 unspecified atom stereocenters. The average Bonchev–Trinajstić information content (AvgIpc) is 2.88. The molecule has 0 bridgehead atoms. The van der Waals surface area contributed by atoms with Crippen molar-refractivity contribution >= 4 is 11.6 Å². The van der Waals surface area contributed by atoms with Gasteiger partial charge in [0.15, 0.2) is 0 Å². The van der Waals surface area contributed by atoms with E-state index >= 15 is 0 Å². The summed E-state index contributed by atoms with van der Waals surface area (Å²) in [5, 5.41) is 0. The molecule has 1 amide bonds. The van der Waals surface area contributed by atoms with E-state index < -0.39 is 0 Å². The molecule has 4 heteroatoms. The number of aliphatic imine (C=N–C) groups is 1. The van der Waals surface area contributed by atoms with Gasteiger partial charge < -0.3 is 4.90 Å². The minimum absolute atomic E-state index is 0.0695. The van der Waals surface area contributed by atoms with Crippen LogP contribution < -0.4 is 0 Å². The number of nitrogens with zero attached hydrogens (tertiary/aromatic N) is 3. The highest BCUT2D eigenvalue weighted by atomic mass is 16.2. The van der Waals surface area contributed by atoms with Crippen molar-refractivity contribution in [2.24, 2.45) is 10.4 Å². The summed E-state index contributed by atoms with van der Waals surface area (Å²) in [6.07, 6.45) is 1.70. The molecule has 3 rings (SSSR count). The summed E-state index contributed by atoms with van der Waals surface area (Å²) in [5.74, 6) is -0.0695. The first kappa shape index (κ1) is 16.2. The zero-order chi connectivity index (χ0) is 17.5. The number of rotatable bonds is 1. The fourth-order valence-electron chi connectivity index (χ4n) is 3.32. The number of carbonyl (C=O) groups is 1. The molecule has 24 heavy (non-hydrogen) atoms. The second-order valence-electron chi connectivity index (χ2n) is 7.06. The van der Waals surface area contributed by atoms with E-state index in [-0.39, 0.29) is 11.3 Å². The second-order valence-corrected chi connectivity index (χ2v) is 7.06. The van der Waals surface area contributed by atoms with E-state index in [1.807, 2.05) is 38.1 Å². The third-order valence-corrected chi connectivity index (χ3v) is 4.73. The molecular weight excluding hydrogens is 298 g/mol. The van der Waals surface area contributed by atoms with E-state index in [0.717, 1.165) is 22.4 Å². The van der Waals surface area contributed by atoms with Crippen LogP contribution >= 0.6 is 0 Å². The van der Waals surface area contributed by atoms with Crippen LogP contribution in [0, 0.1) is 18.9 Å². The SMILES string of the molecule is [C-]#[N+]C1=CN(C(=O)c2ccc(C)cc2)CC(C)(C)C2=C1C(C)=NC2. The Bertz CT molecular complexity index is 833. The van der Waals surface area contributed by atoms with Crippen LogP contribution in [0.5, 0.6) is 0 Å². The fourth-order valence-corrected chi connectivity index (χ4v) is 3.32. The van der Waals surface area contributed by atoms with Gasteiger partial charge in [-0.05, 0) is 31.6 Å². The maximum atomic E-state index is 12.9. The Morgan fingerprint density at radius 3 is 2.54 bits per heavy atom. The van der Waals surface area contributed by atoms with Gasteiger partial charge in [0.05, 0.1) is 13.1 Å². The van der Waals surface area contributed by atoms with Crippen LogP contribution in [0.25, 0.3) is 4.85 Å². The highest BCUT2D eigenvalue weighted by Gasteiger charge is 2.37. The number of carbonyl (C=O) groups excluding carboxylic acids is 1. The molecule has 1 aromatic rings. The van der Waals surface area contributed by atoms with E-state index in [2.05, 4.69) is 23.7 Å². The van der Waals surface area contributed by atoms with Gasteiger partial charge in [-0.15, -0.1) is 0 Å². The number of benzene rings is 1. The van der Waals surface area contributed by atoms with Gasteiger partial charge in [0.1, 0.15) is 0 Å². The van der Waals surface area contributed by atoms with Gasteiger partial charge in [-0.3, -0.25) is 9.79 Å². The first-order chi connectivity index (χ1) is 11.3. The minimum Gasteiger partial charge on any atom is -0.324 e. The number of aryl methyl sites for hydroxylation is 1. The van der Waals surface area contributed by atoms with Crippen molar-refractivity contribution in [1.29, 1.82) is 0 Å². The minimum atomic E-state index is -0.222. The lowest BCUT2D eigenvalue weighted by Gasteiger charge is -2.31. The van der Waals surface area contributed by atoms with Crippen molar-refractivity contribution in [3.8, 4) is 0 Å². The fraction of sp³-hybridized carbons (Fsp3) is 0.350. The van der Waals surface area contributed by atoms with Gasteiger partial charge in [0.25, 0.3) is 5.91 Å². The van der Waals surface area contributed by atoms with Crippen molar-refractivity contribution in [2.45, 2.75) is 27.7 Å². The molecule has 0 saturated carbocycles. The molecule has 2 aliphatic rings. The molecule has 4 nitrogen and oxygen atoms in total. The maximum Gasteiger partial charge on any atom is 0.256 e. The van der Waals surface area contributed by atoms with Gasteiger partial charge in [0.2, 0.25) is 5.70 Å². The van der Waals surface area contributed by atoms with Crippen LogP contribution in [0.2, 0.25) is 0 Å². The van der Waals surface area contributed by atoms with E-state index in [4.69, 9.17) is 6.57 Å². The Morgan fingerprint density at radius 1 is 1.25 bits per heavy atom. The van der Waals surface area contributed by atoms with Crippen molar-refractivity contribution < 1.29 is 4.79 Å². The normalized spacial score (nSPS) is 19.2. The topological polar surface area (TPSA) is 37.0 Å². The van der Waals surface area contributed by atoms with E-state index in [0.29, 0.717) is 24.4 Å². The Kier molecular flexibility index (Phi) is 3.88. The summed E-state index contributed by atoms with van der Waals surface area (Å²) in [4.78, 5) is 22.8.